The van der Waals surface area contributed by atoms with Crippen molar-refractivity contribution in [2.24, 2.45) is 0 Å². The highest BCUT2D eigenvalue weighted by atomic mass is 35.5. The number of methoxy groups -OCH3 is 1. The Morgan fingerprint density at radius 2 is 1.81 bits per heavy atom. The van der Waals surface area contributed by atoms with Crippen molar-refractivity contribution in [3.8, 4) is 5.75 Å². The number of carbonyl (C=O) groups is 3. The van der Waals surface area contributed by atoms with Crippen molar-refractivity contribution in [1.82, 2.24) is 10.6 Å². The summed E-state index contributed by atoms with van der Waals surface area (Å²) < 4.78 is 37.2. The minimum absolute atomic E-state index is 0.0735. The van der Waals surface area contributed by atoms with Gasteiger partial charge >= 0.3 is 12.0 Å². The van der Waals surface area contributed by atoms with Crippen molar-refractivity contribution in [1.29, 1.82) is 0 Å². The lowest BCUT2D eigenvalue weighted by Gasteiger charge is -2.22. The molecule has 0 aliphatic heterocycles. The van der Waals surface area contributed by atoms with E-state index in [2.05, 4.69) is 5.32 Å². The number of anilines is 1. The first kappa shape index (κ1) is 24.0. The highest BCUT2D eigenvalue weighted by Gasteiger charge is 2.26. The topological polar surface area (TPSA) is 131 Å². The number of halogens is 1. The number of sulfonamides is 1. The predicted octanol–water partition coefficient (Wildman–Crippen LogP) is 1.79. The van der Waals surface area contributed by atoms with Gasteiger partial charge in [-0.2, -0.15) is 0 Å². The number of para-hydroxylation sites is 2. The van der Waals surface area contributed by atoms with Crippen LogP contribution < -0.4 is 19.7 Å². The second-order valence-electron chi connectivity index (χ2n) is 5.99. The third kappa shape index (κ3) is 5.64. The summed E-state index contributed by atoms with van der Waals surface area (Å²) in [6, 6.07) is 9.25. The van der Waals surface area contributed by atoms with Gasteiger partial charge in [-0.05, 0) is 30.3 Å². The molecule has 0 fully saturated rings. The van der Waals surface area contributed by atoms with E-state index in [1.165, 1.54) is 33.3 Å². The minimum atomic E-state index is -4.09. The summed E-state index contributed by atoms with van der Waals surface area (Å²) in [5.74, 6) is -1.57. The van der Waals surface area contributed by atoms with Gasteiger partial charge in [-0.25, -0.2) is 18.0 Å². The zero-order valence-electron chi connectivity index (χ0n) is 16.8. The van der Waals surface area contributed by atoms with Crippen LogP contribution in [0.2, 0.25) is 5.02 Å². The maximum Gasteiger partial charge on any atom is 0.340 e. The van der Waals surface area contributed by atoms with Crippen LogP contribution in [0.3, 0.4) is 0 Å². The fourth-order valence-electron chi connectivity index (χ4n) is 2.43. The van der Waals surface area contributed by atoms with E-state index in [4.69, 9.17) is 21.1 Å². The fourth-order valence-corrected chi connectivity index (χ4v) is 3.86. The first-order valence-corrected chi connectivity index (χ1v) is 10.5. The third-order valence-electron chi connectivity index (χ3n) is 4.05. The average molecular weight is 470 g/mol. The average Bonchev–Trinajstić information content (AvgIpc) is 2.76. The van der Waals surface area contributed by atoms with Crippen LogP contribution in [-0.4, -0.2) is 54.1 Å². The molecule has 0 spiro atoms. The highest BCUT2D eigenvalue weighted by Crippen LogP contribution is 2.32. The molecule has 0 heterocycles. The van der Waals surface area contributed by atoms with Gasteiger partial charge in [0, 0.05) is 14.1 Å². The van der Waals surface area contributed by atoms with E-state index in [1.54, 1.807) is 24.3 Å². The number of rotatable bonds is 7. The fraction of sp³-hybridized carbons (Fsp3) is 0.211. The molecular formula is C19H20ClN3O7S. The molecule has 31 heavy (non-hydrogen) atoms. The number of carbonyl (C=O) groups excluding carboxylic acids is 3. The number of urea groups is 1. The Morgan fingerprint density at radius 1 is 1.13 bits per heavy atom. The minimum Gasteiger partial charge on any atom is -0.495 e. The van der Waals surface area contributed by atoms with Crippen molar-refractivity contribution >= 4 is 45.2 Å². The maximum absolute atomic E-state index is 13.1. The number of ether oxygens (including phenoxy) is 2. The lowest BCUT2D eigenvalue weighted by Crippen LogP contribution is -2.39. The molecule has 166 valence electrons. The number of nitrogens with one attached hydrogen (secondary N) is 2. The van der Waals surface area contributed by atoms with E-state index in [1.807, 2.05) is 5.32 Å². The molecule has 2 N–H and O–H groups in total. The van der Waals surface area contributed by atoms with Gasteiger partial charge in [0.15, 0.2) is 6.61 Å². The van der Waals surface area contributed by atoms with Gasteiger partial charge in [0.2, 0.25) is 0 Å². The van der Waals surface area contributed by atoms with Gasteiger partial charge < -0.3 is 14.8 Å². The van der Waals surface area contributed by atoms with Crippen LogP contribution in [-0.2, 0) is 19.6 Å². The Bertz CT molecular complexity index is 1110. The summed E-state index contributed by atoms with van der Waals surface area (Å²) in [5.41, 5.74) is 0.0267. The predicted molar refractivity (Wildman–Crippen MR) is 113 cm³/mol. The van der Waals surface area contributed by atoms with Crippen LogP contribution in [0.4, 0.5) is 10.5 Å². The van der Waals surface area contributed by atoms with Gasteiger partial charge in [-0.1, -0.05) is 23.7 Å². The molecule has 0 atom stereocenters. The molecule has 3 amide bonds. The van der Waals surface area contributed by atoms with Crippen LogP contribution in [0.1, 0.15) is 10.4 Å². The summed E-state index contributed by atoms with van der Waals surface area (Å²) in [6.45, 7) is -0.763. The van der Waals surface area contributed by atoms with Gasteiger partial charge in [0.25, 0.3) is 15.9 Å². The molecule has 0 radical (unpaired) electrons. The smallest absolute Gasteiger partial charge is 0.340 e. The van der Waals surface area contributed by atoms with Crippen molar-refractivity contribution in [3.63, 3.8) is 0 Å². The zero-order chi connectivity index (χ0) is 23.2. The van der Waals surface area contributed by atoms with Crippen LogP contribution in [0.15, 0.2) is 47.4 Å². The number of nitrogens with zero attached hydrogens (tertiary/aromatic N) is 1. The quantitative estimate of drug-likeness (QED) is 0.591. The van der Waals surface area contributed by atoms with Crippen LogP contribution >= 0.6 is 11.6 Å². The van der Waals surface area contributed by atoms with E-state index in [0.717, 1.165) is 10.4 Å². The largest absolute Gasteiger partial charge is 0.495 e. The zero-order valence-corrected chi connectivity index (χ0v) is 18.4. The van der Waals surface area contributed by atoms with Crippen LogP contribution in [0, 0.1) is 0 Å². The van der Waals surface area contributed by atoms with E-state index < -0.39 is 34.5 Å². The van der Waals surface area contributed by atoms with Crippen molar-refractivity contribution in [2.45, 2.75) is 4.90 Å². The van der Waals surface area contributed by atoms with E-state index in [-0.39, 0.29) is 21.2 Å². The molecule has 0 saturated heterocycles. The number of hydrogen-bond acceptors (Lipinski definition) is 7. The Kier molecular flexibility index (Phi) is 7.83. The molecule has 10 nitrogen and oxygen atoms in total. The molecular weight excluding hydrogens is 450 g/mol. The third-order valence-corrected chi connectivity index (χ3v) is 6.15. The molecule has 12 heteroatoms. The SMILES string of the molecule is CNC(=O)NC(=O)COC(=O)c1cc(S(=O)(=O)N(C)c2ccccc2OC)ccc1Cl. The first-order chi connectivity index (χ1) is 14.6. The molecule has 0 bridgehead atoms. The Balaban J connectivity index is 2.27. The first-order valence-electron chi connectivity index (χ1n) is 8.72. The summed E-state index contributed by atoms with van der Waals surface area (Å²) in [4.78, 5) is 34.8. The summed E-state index contributed by atoms with van der Waals surface area (Å²) in [7, 11) is -0.0365. The molecule has 0 aliphatic carbocycles. The van der Waals surface area contributed by atoms with E-state index in [0.29, 0.717) is 5.75 Å². The maximum atomic E-state index is 13.1. The number of esters is 1. The number of benzene rings is 2. The molecule has 0 saturated carbocycles. The Labute approximate surface area is 184 Å². The molecule has 2 rings (SSSR count). The monoisotopic (exact) mass is 469 g/mol. The lowest BCUT2D eigenvalue weighted by molar-refractivity contribution is -0.123. The number of hydrogen-bond donors (Lipinski definition) is 2. The van der Waals surface area contributed by atoms with Crippen LogP contribution in [0.5, 0.6) is 5.75 Å². The van der Waals surface area contributed by atoms with E-state index in [9.17, 15) is 22.8 Å². The van der Waals surface area contributed by atoms with Gasteiger partial charge in [-0.15, -0.1) is 0 Å². The summed E-state index contributed by atoms with van der Waals surface area (Å²) >= 11 is 6.01. The standard InChI is InChI=1S/C19H20ClN3O7S/c1-21-19(26)22-17(24)11-30-18(25)13-10-12(8-9-14(13)20)31(27,28)23(2)15-6-4-5-7-16(15)29-3/h4-10H,11H2,1-3H3,(H2,21,22,24,26). The molecule has 2 aromatic carbocycles. The normalized spacial score (nSPS) is 10.7. The second kappa shape index (κ2) is 10.1. The summed E-state index contributed by atoms with van der Waals surface area (Å²) in [5, 5.41) is 4.01. The van der Waals surface area contributed by atoms with Gasteiger partial charge in [0.05, 0.1) is 28.3 Å². The second-order valence-corrected chi connectivity index (χ2v) is 8.37. The Morgan fingerprint density at radius 3 is 2.45 bits per heavy atom. The van der Waals surface area contributed by atoms with Crippen LogP contribution in [0.25, 0.3) is 0 Å². The number of amides is 3. The van der Waals surface area contributed by atoms with Crippen molar-refractivity contribution in [3.05, 3.63) is 53.1 Å². The molecule has 0 aromatic heterocycles. The molecule has 0 aliphatic rings. The lowest BCUT2D eigenvalue weighted by atomic mass is 10.2. The van der Waals surface area contributed by atoms with Crippen molar-refractivity contribution in [2.75, 3.05) is 32.1 Å². The Hall–Kier alpha value is -3.31. The van der Waals surface area contributed by atoms with Crippen molar-refractivity contribution < 1.29 is 32.3 Å². The molecule has 0 unspecified atom stereocenters. The van der Waals surface area contributed by atoms with Gasteiger partial charge in [-0.3, -0.25) is 14.4 Å². The summed E-state index contributed by atoms with van der Waals surface area (Å²) in [6.07, 6.45) is 0. The number of imide groups is 1. The highest BCUT2D eigenvalue weighted by molar-refractivity contribution is 7.92. The molecule has 2 aromatic rings. The van der Waals surface area contributed by atoms with E-state index >= 15 is 0 Å². The van der Waals surface area contributed by atoms with Gasteiger partial charge in [0.1, 0.15) is 5.75 Å².